The van der Waals surface area contributed by atoms with Gasteiger partial charge < -0.3 is 5.11 Å². The SMILES string of the molecule is Cc1ccc(S(=O)(=O)NCC(C)(C)C(C)C)cc1CO. The van der Waals surface area contributed by atoms with Gasteiger partial charge in [-0.15, -0.1) is 0 Å². The number of hydrogen-bond acceptors (Lipinski definition) is 3. The van der Waals surface area contributed by atoms with Gasteiger partial charge in [0.15, 0.2) is 0 Å². The van der Waals surface area contributed by atoms with E-state index in [-0.39, 0.29) is 16.9 Å². The highest BCUT2D eigenvalue weighted by Gasteiger charge is 2.25. The third kappa shape index (κ3) is 4.04. The summed E-state index contributed by atoms with van der Waals surface area (Å²) < 4.78 is 27.2. The van der Waals surface area contributed by atoms with E-state index in [4.69, 9.17) is 0 Å². The fourth-order valence-electron chi connectivity index (χ4n) is 1.55. The van der Waals surface area contributed by atoms with Crippen LogP contribution in [0, 0.1) is 18.3 Å². The molecule has 0 saturated carbocycles. The maximum atomic E-state index is 12.3. The smallest absolute Gasteiger partial charge is 0.240 e. The van der Waals surface area contributed by atoms with Gasteiger partial charge in [-0.3, -0.25) is 0 Å². The normalized spacial score (nSPS) is 12.9. The number of aliphatic hydroxyl groups is 1. The first-order valence-electron chi connectivity index (χ1n) is 6.80. The summed E-state index contributed by atoms with van der Waals surface area (Å²) in [5.41, 5.74) is 1.40. The van der Waals surface area contributed by atoms with E-state index in [0.717, 1.165) is 5.56 Å². The van der Waals surface area contributed by atoms with E-state index < -0.39 is 10.0 Å². The molecule has 5 heteroatoms. The fourth-order valence-corrected chi connectivity index (χ4v) is 2.83. The molecular weight excluding hydrogens is 274 g/mol. The molecule has 1 aromatic rings. The summed E-state index contributed by atoms with van der Waals surface area (Å²) in [5, 5.41) is 9.23. The Morgan fingerprint density at radius 1 is 1.30 bits per heavy atom. The average Bonchev–Trinajstić information content (AvgIpc) is 2.37. The lowest BCUT2D eigenvalue weighted by Gasteiger charge is -2.29. The summed E-state index contributed by atoms with van der Waals surface area (Å²) >= 11 is 0. The van der Waals surface area contributed by atoms with E-state index in [0.29, 0.717) is 18.0 Å². The van der Waals surface area contributed by atoms with Crippen LogP contribution in [0.5, 0.6) is 0 Å². The van der Waals surface area contributed by atoms with E-state index in [9.17, 15) is 13.5 Å². The van der Waals surface area contributed by atoms with E-state index in [1.807, 2.05) is 20.8 Å². The molecule has 0 saturated heterocycles. The Kier molecular flexibility index (Phi) is 5.35. The summed E-state index contributed by atoms with van der Waals surface area (Å²) in [7, 11) is -3.54. The van der Waals surface area contributed by atoms with Gasteiger partial charge in [0.25, 0.3) is 0 Å². The van der Waals surface area contributed by atoms with Crippen LogP contribution < -0.4 is 4.72 Å². The third-order valence-electron chi connectivity index (χ3n) is 4.08. The second kappa shape index (κ2) is 6.24. The molecule has 0 aliphatic heterocycles. The number of nitrogens with one attached hydrogen (secondary N) is 1. The van der Waals surface area contributed by atoms with Crippen molar-refractivity contribution in [3.8, 4) is 0 Å². The first-order valence-corrected chi connectivity index (χ1v) is 8.28. The summed E-state index contributed by atoms with van der Waals surface area (Å²) in [4.78, 5) is 0.201. The minimum Gasteiger partial charge on any atom is -0.392 e. The van der Waals surface area contributed by atoms with Gasteiger partial charge in [-0.1, -0.05) is 33.8 Å². The predicted octanol–water partition coefficient (Wildman–Crippen LogP) is 2.45. The van der Waals surface area contributed by atoms with Crippen molar-refractivity contribution in [3.63, 3.8) is 0 Å². The highest BCUT2D eigenvalue weighted by molar-refractivity contribution is 7.89. The molecule has 2 N–H and O–H groups in total. The van der Waals surface area contributed by atoms with Crippen molar-refractivity contribution in [2.45, 2.75) is 46.1 Å². The second-order valence-electron chi connectivity index (χ2n) is 6.21. The van der Waals surface area contributed by atoms with Crippen molar-refractivity contribution in [2.24, 2.45) is 11.3 Å². The summed E-state index contributed by atoms with van der Waals surface area (Å²) in [6, 6.07) is 4.81. The van der Waals surface area contributed by atoms with Crippen molar-refractivity contribution < 1.29 is 13.5 Å². The molecule has 0 aliphatic carbocycles. The zero-order valence-electron chi connectivity index (χ0n) is 12.9. The second-order valence-corrected chi connectivity index (χ2v) is 7.98. The van der Waals surface area contributed by atoms with Gasteiger partial charge in [-0.05, 0) is 41.5 Å². The van der Waals surface area contributed by atoms with Gasteiger partial charge in [-0.25, -0.2) is 13.1 Å². The van der Waals surface area contributed by atoms with Crippen molar-refractivity contribution >= 4 is 10.0 Å². The van der Waals surface area contributed by atoms with Crippen molar-refractivity contribution in [1.29, 1.82) is 0 Å². The van der Waals surface area contributed by atoms with Crippen molar-refractivity contribution in [2.75, 3.05) is 6.54 Å². The minimum absolute atomic E-state index is 0.114. The zero-order valence-corrected chi connectivity index (χ0v) is 13.7. The minimum atomic E-state index is -3.54. The molecule has 0 aromatic heterocycles. The van der Waals surface area contributed by atoms with E-state index in [2.05, 4.69) is 18.6 Å². The number of rotatable bonds is 6. The largest absolute Gasteiger partial charge is 0.392 e. The fraction of sp³-hybridized carbons (Fsp3) is 0.600. The Labute approximate surface area is 122 Å². The highest BCUT2D eigenvalue weighted by Crippen LogP contribution is 2.25. The molecule has 0 radical (unpaired) electrons. The van der Waals surface area contributed by atoms with Gasteiger partial charge in [0, 0.05) is 6.54 Å². The van der Waals surface area contributed by atoms with E-state index >= 15 is 0 Å². The molecular formula is C15H25NO3S. The molecule has 20 heavy (non-hydrogen) atoms. The lowest BCUT2D eigenvalue weighted by Crippen LogP contribution is -2.37. The monoisotopic (exact) mass is 299 g/mol. The van der Waals surface area contributed by atoms with E-state index in [1.165, 1.54) is 6.07 Å². The van der Waals surface area contributed by atoms with Gasteiger partial charge in [0.1, 0.15) is 0 Å². The molecule has 1 aromatic carbocycles. The maximum absolute atomic E-state index is 12.3. The van der Waals surface area contributed by atoms with Crippen LogP contribution in [0.3, 0.4) is 0 Å². The number of hydrogen-bond donors (Lipinski definition) is 2. The Bertz CT molecular complexity index is 562. The third-order valence-corrected chi connectivity index (χ3v) is 5.48. The Morgan fingerprint density at radius 3 is 2.40 bits per heavy atom. The first kappa shape index (κ1) is 17.1. The van der Waals surface area contributed by atoms with Crippen LogP contribution in [0.2, 0.25) is 0 Å². The molecule has 0 amide bonds. The molecule has 0 fully saturated rings. The molecule has 0 unspecified atom stereocenters. The van der Waals surface area contributed by atoms with Crippen LogP contribution in [-0.4, -0.2) is 20.1 Å². The van der Waals surface area contributed by atoms with Crippen LogP contribution in [0.15, 0.2) is 23.1 Å². The summed E-state index contributed by atoms with van der Waals surface area (Å²) in [6.07, 6.45) is 0. The lowest BCUT2D eigenvalue weighted by molar-refractivity contribution is 0.252. The molecule has 4 nitrogen and oxygen atoms in total. The predicted molar refractivity (Wildman–Crippen MR) is 80.9 cm³/mol. The Morgan fingerprint density at radius 2 is 1.90 bits per heavy atom. The highest BCUT2D eigenvalue weighted by atomic mass is 32.2. The molecule has 0 spiro atoms. The van der Waals surface area contributed by atoms with Crippen molar-refractivity contribution in [3.05, 3.63) is 29.3 Å². The number of aliphatic hydroxyl groups excluding tert-OH is 1. The van der Waals surface area contributed by atoms with Crippen LogP contribution in [0.25, 0.3) is 0 Å². The van der Waals surface area contributed by atoms with Crippen molar-refractivity contribution in [1.82, 2.24) is 4.72 Å². The van der Waals surface area contributed by atoms with Crippen LogP contribution in [0.4, 0.5) is 0 Å². The van der Waals surface area contributed by atoms with Gasteiger partial charge in [-0.2, -0.15) is 0 Å². The molecule has 0 heterocycles. The molecule has 0 aliphatic rings. The van der Waals surface area contributed by atoms with Gasteiger partial charge in [0.05, 0.1) is 11.5 Å². The summed E-state index contributed by atoms with van der Waals surface area (Å²) in [5.74, 6) is 0.372. The molecule has 0 atom stereocenters. The standard InChI is InChI=1S/C15H25NO3S/c1-11(2)15(4,5)10-16-20(18,19)14-7-6-12(3)13(8-14)9-17/h6-8,11,16-17H,9-10H2,1-5H3. The molecule has 0 bridgehead atoms. The van der Waals surface area contributed by atoms with Crippen LogP contribution in [0.1, 0.15) is 38.8 Å². The molecule has 1 rings (SSSR count). The average molecular weight is 299 g/mol. The van der Waals surface area contributed by atoms with Gasteiger partial charge >= 0.3 is 0 Å². The van der Waals surface area contributed by atoms with Gasteiger partial charge in [0.2, 0.25) is 10.0 Å². The summed E-state index contributed by atoms with van der Waals surface area (Å²) in [6.45, 7) is 10.3. The number of aryl methyl sites for hydroxylation is 1. The lowest BCUT2D eigenvalue weighted by atomic mass is 9.81. The topological polar surface area (TPSA) is 66.4 Å². The first-order chi connectivity index (χ1) is 9.10. The quantitative estimate of drug-likeness (QED) is 0.848. The Hall–Kier alpha value is -0.910. The van der Waals surface area contributed by atoms with Crippen LogP contribution in [-0.2, 0) is 16.6 Å². The Balaban J connectivity index is 2.95. The number of benzene rings is 1. The van der Waals surface area contributed by atoms with Crippen LogP contribution >= 0.6 is 0 Å². The molecule has 114 valence electrons. The maximum Gasteiger partial charge on any atom is 0.240 e. The van der Waals surface area contributed by atoms with E-state index in [1.54, 1.807) is 12.1 Å². The zero-order chi connectivity index (χ0) is 15.6. The number of sulfonamides is 1.